The Morgan fingerprint density at radius 1 is 0.786 bits per heavy atom. The molecular formula is C10H8N2O2. The van der Waals surface area contributed by atoms with E-state index in [0.29, 0.717) is 10.8 Å². The predicted molar refractivity (Wildman–Crippen MR) is 53.5 cm³/mol. The number of benzene rings is 1. The number of fused-ring (bicyclic) bond motifs is 3. The van der Waals surface area contributed by atoms with Gasteiger partial charge in [0, 0.05) is 12.4 Å². The largest absolute Gasteiger partial charge is 0.506 e. The minimum absolute atomic E-state index is 0.153. The van der Waals surface area contributed by atoms with E-state index in [-0.39, 0.29) is 11.5 Å². The average Bonchev–Trinajstić information content (AvgIpc) is 2.72. The highest BCUT2D eigenvalue weighted by atomic mass is 16.3. The molecule has 70 valence electrons. The summed E-state index contributed by atoms with van der Waals surface area (Å²) < 4.78 is 0. The first-order valence-electron chi connectivity index (χ1n) is 4.26. The van der Waals surface area contributed by atoms with Gasteiger partial charge in [0.1, 0.15) is 11.5 Å². The van der Waals surface area contributed by atoms with Gasteiger partial charge in [-0.25, -0.2) is 0 Å². The molecule has 0 fully saturated rings. The molecule has 0 aliphatic heterocycles. The van der Waals surface area contributed by atoms with E-state index in [9.17, 15) is 10.2 Å². The van der Waals surface area contributed by atoms with Gasteiger partial charge in [-0.2, -0.15) is 0 Å². The van der Waals surface area contributed by atoms with E-state index in [1.807, 2.05) is 12.1 Å². The van der Waals surface area contributed by atoms with Crippen molar-refractivity contribution in [2.45, 2.75) is 0 Å². The van der Waals surface area contributed by atoms with Crippen LogP contribution in [0.15, 0.2) is 24.5 Å². The number of hydrogen-bond acceptors (Lipinski definition) is 2. The van der Waals surface area contributed by atoms with E-state index in [1.165, 1.54) is 12.4 Å². The number of rotatable bonds is 0. The normalized spacial score (nSPS) is 11.4. The highest BCUT2D eigenvalue weighted by Gasteiger charge is 2.11. The molecular weight excluding hydrogens is 180 g/mol. The van der Waals surface area contributed by atoms with Crippen LogP contribution >= 0.6 is 0 Å². The lowest BCUT2D eigenvalue weighted by atomic mass is 10.1. The van der Waals surface area contributed by atoms with Crippen LogP contribution in [0.4, 0.5) is 0 Å². The molecule has 0 saturated heterocycles. The SMILES string of the molecule is Oc1c[nH]c2ccc3[nH]cc(O)c3c12. The average molecular weight is 188 g/mol. The van der Waals surface area contributed by atoms with Crippen LogP contribution < -0.4 is 0 Å². The lowest BCUT2D eigenvalue weighted by Gasteiger charge is -1.95. The van der Waals surface area contributed by atoms with E-state index in [4.69, 9.17) is 0 Å². The predicted octanol–water partition coefficient (Wildman–Crippen LogP) is 2.06. The van der Waals surface area contributed by atoms with E-state index < -0.39 is 0 Å². The summed E-state index contributed by atoms with van der Waals surface area (Å²) in [6.07, 6.45) is 3.02. The van der Waals surface area contributed by atoms with Crippen LogP contribution in [0.1, 0.15) is 0 Å². The Hall–Kier alpha value is -2.10. The highest BCUT2D eigenvalue weighted by molar-refractivity contribution is 6.11. The molecule has 0 amide bonds. The summed E-state index contributed by atoms with van der Waals surface area (Å²) in [6, 6.07) is 3.71. The molecule has 4 N–H and O–H groups in total. The molecule has 1 aromatic carbocycles. The maximum atomic E-state index is 9.60. The van der Waals surface area contributed by atoms with Crippen molar-refractivity contribution in [2.24, 2.45) is 0 Å². The van der Waals surface area contributed by atoms with Crippen molar-refractivity contribution in [3.05, 3.63) is 24.5 Å². The fraction of sp³-hybridized carbons (Fsp3) is 0. The molecule has 4 nitrogen and oxygen atoms in total. The number of aromatic amines is 2. The summed E-state index contributed by atoms with van der Waals surface area (Å²) in [5.74, 6) is 0.306. The number of H-pyrrole nitrogens is 2. The van der Waals surface area contributed by atoms with Crippen molar-refractivity contribution < 1.29 is 10.2 Å². The third-order valence-corrected chi connectivity index (χ3v) is 2.45. The maximum Gasteiger partial charge on any atom is 0.141 e. The molecule has 2 aromatic heterocycles. The Kier molecular flexibility index (Phi) is 1.16. The molecule has 14 heavy (non-hydrogen) atoms. The van der Waals surface area contributed by atoms with Gasteiger partial charge in [0.05, 0.1) is 21.8 Å². The Labute approximate surface area is 78.8 Å². The third kappa shape index (κ3) is 0.724. The summed E-state index contributed by atoms with van der Waals surface area (Å²) >= 11 is 0. The van der Waals surface area contributed by atoms with E-state index in [2.05, 4.69) is 9.97 Å². The number of hydrogen-bond donors (Lipinski definition) is 4. The molecule has 3 aromatic rings. The monoisotopic (exact) mass is 188 g/mol. The second-order valence-corrected chi connectivity index (χ2v) is 3.26. The summed E-state index contributed by atoms with van der Waals surface area (Å²) in [5, 5.41) is 20.5. The zero-order valence-electron chi connectivity index (χ0n) is 7.20. The molecule has 3 rings (SSSR count). The van der Waals surface area contributed by atoms with Gasteiger partial charge in [0.25, 0.3) is 0 Å². The van der Waals surface area contributed by atoms with E-state index >= 15 is 0 Å². The summed E-state index contributed by atoms with van der Waals surface area (Å²) in [6.45, 7) is 0. The lowest BCUT2D eigenvalue weighted by Crippen LogP contribution is -1.71. The Balaban J connectivity index is 2.70. The van der Waals surface area contributed by atoms with Gasteiger partial charge >= 0.3 is 0 Å². The Morgan fingerprint density at radius 2 is 1.21 bits per heavy atom. The quantitative estimate of drug-likeness (QED) is 0.436. The first-order valence-corrected chi connectivity index (χ1v) is 4.26. The van der Waals surface area contributed by atoms with Gasteiger partial charge in [-0.05, 0) is 12.1 Å². The standard InChI is InChI=1S/C10H8N2O2/c13-7-3-11-5-1-2-6-10(9(5)7)8(14)4-12-6/h1-4,11-14H. The van der Waals surface area contributed by atoms with Gasteiger partial charge < -0.3 is 20.2 Å². The van der Waals surface area contributed by atoms with Crippen LogP contribution in [0.5, 0.6) is 11.5 Å². The number of aromatic nitrogens is 2. The van der Waals surface area contributed by atoms with Crippen LogP contribution in [0.25, 0.3) is 21.8 Å². The van der Waals surface area contributed by atoms with Gasteiger partial charge in [-0.3, -0.25) is 0 Å². The molecule has 0 atom stereocenters. The fourth-order valence-electron chi connectivity index (χ4n) is 1.81. The molecule has 0 aliphatic carbocycles. The van der Waals surface area contributed by atoms with Gasteiger partial charge in [0.15, 0.2) is 0 Å². The van der Waals surface area contributed by atoms with Crippen molar-refractivity contribution in [1.82, 2.24) is 9.97 Å². The molecule has 2 heterocycles. The topological polar surface area (TPSA) is 72.0 Å². The minimum Gasteiger partial charge on any atom is -0.506 e. The first-order chi connectivity index (χ1) is 6.77. The van der Waals surface area contributed by atoms with Crippen LogP contribution in [-0.2, 0) is 0 Å². The van der Waals surface area contributed by atoms with E-state index in [0.717, 1.165) is 11.0 Å². The van der Waals surface area contributed by atoms with Crippen molar-refractivity contribution in [2.75, 3.05) is 0 Å². The van der Waals surface area contributed by atoms with Crippen LogP contribution in [0.3, 0.4) is 0 Å². The Morgan fingerprint density at radius 3 is 1.64 bits per heavy atom. The van der Waals surface area contributed by atoms with Crippen molar-refractivity contribution in [3.8, 4) is 11.5 Å². The lowest BCUT2D eigenvalue weighted by molar-refractivity contribution is 0.477. The zero-order valence-corrected chi connectivity index (χ0v) is 7.20. The number of aromatic hydroxyl groups is 2. The summed E-state index contributed by atoms with van der Waals surface area (Å²) in [4.78, 5) is 5.84. The molecule has 0 bridgehead atoms. The van der Waals surface area contributed by atoms with E-state index in [1.54, 1.807) is 0 Å². The van der Waals surface area contributed by atoms with Gasteiger partial charge in [0.2, 0.25) is 0 Å². The van der Waals surface area contributed by atoms with Gasteiger partial charge in [-0.15, -0.1) is 0 Å². The third-order valence-electron chi connectivity index (χ3n) is 2.45. The van der Waals surface area contributed by atoms with Gasteiger partial charge in [-0.1, -0.05) is 0 Å². The van der Waals surface area contributed by atoms with Crippen LogP contribution in [-0.4, -0.2) is 20.2 Å². The minimum atomic E-state index is 0.153. The smallest absolute Gasteiger partial charge is 0.141 e. The fourth-order valence-corrected chi connectivity index (χ4v) is 1.81. The molecule has 0 spiro atoms. The molecule has 0 saturated carbocycles. The molecule has 0 aliphatic rings. The zero-order chi connectivity index (χ0) is 9.71. The van der Waals surface area contributed by atoms with Crippen LogP contribution in [0, 0.1) is 0 Å². The second kappa shape index (κ2) is 2.23. The highest BCUT2D eigenvalue weighted by Crippen LogP contribution is 2.36. The Bertz CT molecular complexity index is 566. The second-order valence-electron chi connectivity index (χ2n) is 3.26. The summed E-state index contributed by atoms with van der Waals surface area (Å²) in [5.41, 5.74) is 1.62. The maximum absolute atomic E-state index is 9.60. The van der Waals surface area contributed by atoms with Crippen molar-refractivity contribution in [1.29, 1.82) is 0 Å². The van der Waals surface area contributed by atoms with Crippen molar-refractivity contribution >= 4 is 21.8 Å². The summed E-state index contributed by atoms with van der Waals surface area (Å²) in [7, 11) is 0. The molecule has 0 unspecified atom stereocenters. The first kappa shape index (κ1) is 7.32. The van der Waals surface area contributed by atoms with Crippen molar-refractivity contribution in [3.63, 3.8) is 0 Å². The molecule has 4 heteroatoms. The van der Waals surface area contributed by atoms with Crippen LogP contribution in [0.2, 0.25) is 0 Å². The molecule has 0 radical (unpaired) electrons. The number of nitrogens with one attached hydrogen (secondary N) is 2.